The third-order valence-corrected chi connectivity index (χ3v) is 3.17. The van der Waals surface area contributed by atoms with Gasteiger partial charge in [0.05, 0.1) is 11.8 Å². The lowest BCUT2D eigenvalue weighted by atomic mass is 9.66. The van der Waals surface area contributed by atoms with Crippen molar-refractivity contribution in [1.82, 2.24) is 0 Å². The van der Waals surface area contributed by atoms with E-state index in [2.05, 4.69) is 0 Å². The van der Waals surface area contributed by atoms with Crippen molar-refractivity contribution in [2.75, 3.05) is 0 Å². The van der Waals surface area contributed by atoms with Crippen LogP contribution in [-0.2, 0) is 14.4 Å². The fourth-order valence-corrected chi connectivity index (χ4v) is 1.83. The van der Waals surface area contributed by atoms with Crippen molar-refractivity contribution in [1.29, 1.82) is 0 Å². The fraction of sp³-hybridized carbons (Fsp3) is 0.545. The summed E-state index contributed by atoms with van der Waals surface area (Å²) in [5.74, 6) is -2.03. The van der Waals surface area contributed by atoms with Crippen LogP contribution in [0.1, 0.15) is 27.2 Å². The summed E-state index contributed by atoms with van der Waals surface area (Å²) in [5.41, 5.74) is -0.682. The molecule has 1 N–H and O–H groups in total. The van der Waals surface area contributed by atoms with E-state index in [0.717, 1.165) is 0 Å². The largest absolute Gasteiger partial charge is 0.481 e. The molecule has 0 heterocycles. The van der Waals surface area contributed by atoms with E-state index in [1.165, 1.54) is 13.0 Å². The van der Waals surface area contributed by atoms with Crippen LogP contribution < -0.4 is 0 Å². The molecule has 2 atom stereocenters. The van der Waals surface area contributed by atoms with Gasteiger partial charge in [-0.3, -0.25) is 14.4 Å². The zero-order valence-electron chi connectivity index (χ0n) is 9.03. The Balaban J connectivity index is 3.14. The average Bonchev–Trinajstić information content (AvgIpc) is 2.11. The quantitative estimate of drug-likeness (QED) is 0.743. The summed E-state index contributed by atoms with van der Waals surface area (Å²) in [6.07, 6.45) is 0.952. The molecular formula is C11H14O4. The van der Waals surface area contributed by atoms with E-state index >= 15 is 0 Å². The maximum Gasteiger partial charge on any atom is 0.304 e. The molecule has 15 heavy (non-hydrogen) atoms. The fourth-order valence-electron chi connectivity index (χ4n) is 1.83. The van der Waals surface area contributed by atoms with E-state index in [0.29, 0.717) is 5.57 Å². The normalized spacial score (nSPS) is 31.4. The first-order chi connectivity index (χ1) is 6.79. The SMILES string of the molecule is CC1=CC(=O)C(C)(CC(=O)O)C(C)C1=O. The second kappa shape index (κ2) is 3.61. The molecule has 0 saturated heterocycles. The average molecular weight is 210 g/mol. The van der Waals surface area contributed by atoms with Crippen LogP contribution in [0.3, 0.4) is 0 Å². The zero-order chi connectivity index (χ0) is 11.8. The van der Waals surface area contributed by atoms with Crippen LogP contribution in [0.4, 0.5) is 0 Å². The van der Waals surface area contributed by atoms with E-state index in [1.54, 1.807) is 13.8 Å². The number of hydrogen-bond donors (Lipinski definition) is 1. The molecule has 1 aliphatic rings. The van der Waals surface area contributed by atoms with E-state index in [-0.39, 0.29) is 18.0 Å². The minimum Gasteiger partial charge on any atom is -0.481 e. The molecule has 1 rings (SSSR count). The molecule has 0 aromatic carbocycles. The lowest BCUT2D eigenvalue weighted by Crippen LogP contribution is -2.43. The number of Topliss-reactive ketones (excluding diaryl/α,β-unsaturated/α-hetero) is 1. The van der Waals surface area contributed by atoms with Crippen molar-refractivity contribution in [2.45, 2.75) is 27.2 Å². The molecule has 82 valence electrons. The van der Waals surface area contributed by atoms with Crippen molar-refractivity contribution < 1.29 is 19.5 Å². The van der Waals surface area contributed by atoms with Crippen LogP contribution in [0.2, 0.25) is 0 Å². The zero-order valence-corrected chi connectivity index (χ0v) is 9.03. The highest BCUT2D eigenvalue weighted by Gasteiger charge is 2.46. The van der Waals surface area contributed by atoms with Gasteiger partial charge in [0.2, 0.25) is 0 Å². The summed E-state index contributed by atoms with van der Waals surface area (Å²) < 4.78 is 0. The highest BCUT2D eigenvalue weighted by atomic mass is 16.4. The molecule has 0 bridgehead atoms. The molecule has 0 aliphatic heterocycles. The van der Waals surface area contributed by atoms with Gasteiger partial charge in [0, 0.05) is 5.92 Å². The number of ketones is 2. The molecule has 4 heteroatoms. The highest BCUT2D eigenvalue weighted by molar-refractivity contribution is 6.12. The van der Waals surface area contributed by atoms with Crippen LogP contribution in [0, 0.1) is 11.3 Å². The summed E-state index contributed by atoms with van der Waals surface area (Å²) >= 11 is 0. The van der Waals surface area contributed by atoms with E-state index in [9.17, 15) is 14.4 Å². The summed E-state index contributed by atoms with van der Waals surface area (Å²) in [4.78, 5) is 34.0. The van der Waals surface area contributed by atoms with Crippen LogP contribution in [0.25, 0.3) is 0 Å². The van der Waals surface area contributed by atoms with E-state index in [4.69, 9.17) is 5.11 Å². The summed E-state index contributed by atoms with van der Waals surface area (Å²) in [6.45, 7) is 4.73. The molecule has 2 unspecified atom stereocenters. The number of carboxylic acids is 1. The lowest BCUT2D eigenvalue weighted by molar-refractivity contribution is -0.146. The first-order valence-corrected chi connectivity index (χ1v) is 4.78. The number of carboxylic acid groups (broad SMARTS) is 1. The second-order valence-corrected chi connectivity index (χ2v) is 4.27. The molecular weight excluding hydrogens is 196 g/mol. The number of allylic oxidation sites excluding steroid dienone is 2. The second-order valence-electron chi connectivity index (χ2n) is 4.27. The molecule has 0 aromatic rings. The maximum absolute atomic E-state index is 11.7. The minimum absolute atomic E-state index is 0.140. The molecule has 4 nitrogen and oxygen atoms in total. The van der Waals surface area contributed by atoms with Gasteiger partial charge in [0.1, 0.15) is 0 Å². The lowest BCUT2D eigenvalue weighted by Gasteiger charge is -2.34. The number of rotatable bonds is 2. The van der Waals surface area contributed by atoms with Crippen molar-refractivity contribution in [3.8, 4) is 0 Å². The van der Waals surface area contributed by atoms with Gasteiger partial charge in [0.15, 0.2) is 11.6 Å². The molecule has 0 aromatic heterocycles. The smallest absolute Gasteiger partial charge is 0.304 e. The Hall–Kier alpha value is -1.45. The van der Waals surface area contributed by atoms with E-state index in [1.807, 2.05) is 0 Å². The predicted octanol–water partition coefficient (Wildman–Crippen LogP) is 1.20. The van der Waals surface area contributed by atoms with Crippen molar-refractivity contribution in [3.63, 3.8) is 0 Å². The van der Waals surface area contributed by atoms with Crippen molar-refractivity contribution in [3.05, 3.63) is 11.6 Å². The highest BCUT2D eigenvalue weighted by Crippen LogP contribution is 2.38. The minimum atomic E-state index is -1.09. The third kappa shape index (κ3) is 1.84. The van der Waals surface area contributed by atoms with Gasteiger partial charge < -0.3 is 5.11 Å². The Morgan fingerprint density at radius 2 is 2.07 bits per heavy atom. The van der Waals surface area contributed by atoms with Gasteiger partial charge in [-0.15, -0.1) is 0 Å². The molecule has 0 fully saturated rings. The Kier molecular flexibility index (Phi) is 2.79. The molecule has 0 spiro atoms. The molecule has 1 aliphatic carbocycles. The first-order valence-electron chi connectivity index (χ1n) is 4.78. The Labute approximate surface area is 88.0 Å². The standard InChI is InChI=1S/C11H14O4/c1-6-4-8(12)11(3,5-9(13)14)7(2)10(6)15/h4,7H,5H2,1-3H3,(H,13,14). The summed E-state index contributed by atoms with van der Waals surface area (Å²) in [5, 5.41) is 8.73. The van der Waals surface area contributed by atoms with Gasteiger partial charge in [-0.25, -0.2) is 0 Å². The van der Waals surface area contributed by atoms with Crippen LogP contribution >= 0.6 is 0 Å². The first kappa shape index (κ1) is 11.6. The Bertz CT molecular complexity index is 367. The Morgan fingerprint density at radius 1 is 1.53 bits per heavy atom. The number of hydrogen-bond acceptors (Lipinski definition) is 3. The van der Waals surface area contributed by atoms with Crippen LogP contribution in [-0.4, -0.2) is 22.6 Å². The van der Waals surface area contributed by atoms with Gasteiger partial charge in [-0.1, -0.05) is 13.8 Å². The van der Waals surface area contributed by atoms with E-state index < -0.39 is 17.3 Å². The maximum atomic E-state index is 11.7. The third-order valence-electron chi connectivity index (χ3n) is 3.17. The van der Waals surface area contributed by atoms with Crippen molar-refractivity contribution in [2.24, 2.45) is 11.3 Å². The number of carbonyl (C=O) groups excluding carboxylic acids is 2. The van der Waals surface area contributed by atoms with Crippen LogP contribution in [0.5, 0.6) is 0 Å². The Morgan fingerprint density at radius 3 is 2.53 bits per heavy atom. The monoisotopic (exact) mass is 210 g/mol. The van der Waals surface area contributed by atoms with Crippen LogP contribution in [0.15, 0.2) is 11.6 Å². The molecule has 0 amide bonds. The van der Waals surface area contributed by atoms with Crippen molar-refractivity contribution >= 4 is 17.5 Å². The van der Waals surface area contributed by atoms with Gasteiger partial charge >= 0.3 is 5.97 Å². The van der Waals surface area contributed by atoms with Gasteiger partial charge in [-0.05, 0) is 18.6 Å². The summed E-state index contributed by atoms with van der Waals surface area (Å²) in [6, 6.07) is 0. The molecule has 0 saturated carbocycles. The number of carbonyl (C=O) groups is 3. The number of aliphatic carboxylic acids is 1. The van der Waals surface area contributed by atoms with Gasteiger partial charge in [-0.2, -0.15) is 0 Å². The predicted molar refractivity (Wildman–Crippen MR) is 53.3 cm³/mol. The van der Waals surface area contributed by atoms with Gasteiger partial charge in [0.25, 0.3) is 0 Å². The molecule has 0 radical (unpaired) electrons. The topological polar surface area (TPSA) is 71.4 Å². The summed E-state index contributed by atoms with van der Waals surface area (Å²) in [7, 11) is 0.